The molecular formula is C31H31N3O8S. The van der Waals surface area contributed by atoms with Crippen LogP contribution in [0.25, 0.3) is 6.08 Å². The van der Waals surface area contributed by atoms with Crippen LogP contribution in [0.2, 0.25) is 0 Å². The number of imide groups is 1. The number of carbonyl (C=O) groups excluding carboxylic acids is 3. The van der Waals surface area contributed by atoms with Gasteiger partial charge in [0.25, 0.3) is 22.7 Å². The molecule has 43 heavy (non-hydrogen) atoms. The first-order valence-corrected chi connectivity index (χ1v) is 14.2. The fraction of sp³-hybridized carbons (Fsp3) is 0.258. The summed E-state index contributed by atoms with van der Waals surface area (Å²) in [7, 11) is 1.43. The predicted octanol–water partition coefficient (Wildman–Crippen LogP) is 6.17. The number of thioether (sulfide) groups is 1. The lowest BCUT2D eigenvalue weighted by atomic mass is 10.0. The van der Waals surface area contributed by atoms with Crippen LogP contribution in [-0.2, 0) is 9.59 Å². The molecule has 3 amide bonds. The third kappa shape index (κ3) is 7.92. The zero-order valence-corrected chi connectivity index (χ0v) is 24.9. The van der Waals surface area contributed by atoms with Crippen LogP contribution in [0.15, 0.2) is 65.6 Å². The molecule has 1 aliphatic heterocycles. The molecule has 1 N–H and O–H groups in total. The normalized spacial score (nSPS) is 13.9. The van der Waals surface area contributed by atoms with Gasteiger partial charge >= 0.3 is 0 Å². The maximum Gasteiger partial charge on any atom is 0.293 e. The van der Waals surface area contributed by atoms with Gasteiger partial charge in [0, 0.05) is 17.8 Å². The van der Waals surface area contributed by atoms with E-state index in [1.807, 2.05) is 25.1 Å². The number of nitro benzene ring substituents is 1. The van der Waals surface area contributed by atoms with Crippen molar-refractivity contribution < 1.29 is 33.5 Å². The van der Waals surface area contributed by atoms with Crippen LogP contribution in [0.5, 0.6) is 17.2 Å². The summed E-state index contributed by atoms with van der Waals surface area (Å²) in [6.07, 6.45) is 1.59. The molecule has 11 nitrogen and oxygen atoms in total. The number of anilines is 1. The predicted molar refractivity (Wildman–Crippen MR) is 164 cm³/mol. The number of non-ortho nitro benzene ring substituents is 1. The average Bonchev–Trinajstić information content (AvgIpc) is 3.23. The molecule has 1 heterocycles. The molecule has 3 aromatic carbocycles. The largest absolute Gasteiger partial charge is 0.493 e. The zero-order valence-electron chi connectivity index (χ0n) is 24.1. The van der Waals surface area contributed by atoms with Crippen LogP contribution in [0.3, 0.4) is 0 Å². The number of benzene rings is 3. The highest BCUT2D eigenvalue weighted by molar-refractivity contribution is 8.18. The van der Waals surface area contributed by atoms with Crippen molar-refractivity contribution >= 4 is 46.3 Å². The van der Waals surface area contributed by atoms with Gasteiger partial charge in [-0.15, -0.1) is 0 Å². The number of amides is 3. The monoisotopic (exact) mass is 605 g/mol. The zero-order chi connectivity index (χ0) is 31.1. The molecule has 224 valence electrons. The standard InChI is InChI=1S/C31H31N3O8S/c1-19(2)24-10-8-20(3)14-26(24)41-13-12-33-30(36)28(43-31(33)37)16-21-9-11-25(27(15-21)40-4)42-18-29(35)32-22-6-5-7-23(17-22)34(38)39/h5-11,14-17,19H,12-13,18H2,1-4H3,(H,32,35)/b28-16-. The van der Waals surface area contributed by atoms with E-state index >= 15 is 0 Å². The Morgan fingerprint density at radius 3 is 2.56 bits per heavy atom. The van der Waals surface area contributed by atoms with E-state index in [1.54, 1.807) is 24.3 Å². The second-order valence-corrected chi connectivity index (χ2v) is 10.9. The Morgan fingerprint density at radius 2 is 1.84 bits per heavy atom. The maximum absolute atomic E-state index is 13.0. The minimum Gasteiger partial charge on any atom is -0.493 e. The van der Waals surface area contributed by atoms with Gasteiger partial charge < -0.3 is 19.5 Å². The van der Waals surface area contributed by atoms with Crippen molar-refractivity contribution in [3.8, 4) is 17.2 Å². The third-order valence-electron chi connectivity index (χ3n) is 6.42. The van der Waals surface area contributed by atoms with Gasteiger partial charge in [-0.1, -0.05) is 38.1 Å². The highest BCUT2D eigenvalue weighted by atomic mass is 32.2. The first kappa shape index (κ1) is 31.1. The van der Waals surface area contributed by atoms with Gasteiger partial charge in [-0.05, 0) is 71.6 Å². The minimum atomic E-state index is -0.553. The second-order valence-electron chi connectivity index (χ2n) is 9.93. The van der Waals surface area contributed by atoms with Crippen LogP contribution in [-0.4, -0.2) is 53.7 Å². The molecule has 1 fully saturated rings. The summed E-state index contributed by atoms with van der Waals surface area (Å²) in [5.41, 5.74) is 2.83. The van der Waals surface area contributed by atoms with Crippen molar-refractivity contribution in [1.82, 2.24) is 4.90 Å². The molecule has 4 rings (SSSR count). The summed E-state index contributed by atoms with van der Waals surface area (Å²) >= 11 is 0.845. The number of aryl methyl sites for hydroxylation is 1. The molecule has 0 bridgehead atoms. The van der Waals surface area contributed by atoms with Crippen molar-refractivity contribution in [2.24, 2.45) is 0 Å². The number of hydrogen-bond acceptors (Lipinski definition) is 9. The Morgan fingerprint density at radius 1 is 1.05 bits per heavy atom. The fourth-order valence-corrected chi connectivity index (χ4v) is 5.13. The molecule has 0 atom stereocenters. The molecule has 1 saturated heterocycles. The number of hydrogen-bond donors (Lipinski definition) is 1. The molecule has 0 aromatic heterocycles. The molecule has 12 heteroatoms. The lowest BCUT2D eigenvalue weighted by Gasteiger charge is -2.17. The highest BCUT2D eigenvalue weighted by Crippen LogP contribution is 2.35. The van der Waals surface area contributed by atoms with Crippen molar-refractivity contribution in [2.75, 3.05) is 32.2 Å². The first-order valence-electron chi connectivity index (χ1n) is 13.4. The number of nitrogens with one attached hydrogen (secondary N) is 1. The van der Waals surface area contributed by atoms with E-state index in [0.29, 0.717) is 11.3 Å². The van der Waals surface area contributed by atoms with Crippen LogP contribution < -0.4 is 19.5 Å². The maximum atomic E-state index is 13.0. The highest BCUT2D eigenvalue weighted by Gasteiger charge is 2.35. The van der Waals surface area contributed by atoms with Crippen LogP contribution in [0.4, 0.5) is 16.2 Å². The Kier molecular flexibility index (Phi) is 10.0. The molecule has 3 aromatic rings. The third-order valence-corrected chi connectivity index (χ3v) is 7.33. The van der Waals surface area contributed by atoms with Crippen LogP contribution in [0.1, 0.15) is 36.5 Å². The summed E-state index contributed by atoms with van der Waals surface area (Å²) in [6.45, 7) is 6.04. The smallest absolute Gasteiger partial charge is 0.293 e. The van der Waals surface area contributed by atoms with E-state index in [4.69, 9.17) is 14.2 Å². The Bertz CT molecular complexity index is 1590. The number of ether oxygens (including phenoxy) is 3. The van der Waals surface area contributed by atoms with Gasteiger partial charge in [-0.2, -0.15) is 0 Å². The van der Waals surface area contributed by atoms with Crippen molar-refractivity contribution in [1.29, 1.82) is 0 Å². The SMILES string of the molecule is COc1cc(/C=C2\SC(=O)N(CCOc3cc(C)ccc3C(C)C)C2=O)ccc1OCC(=O)Nc1cccc([N+](=O)[O-])c1. The summed E-state index contributed by atoms with van der Waals surface area (Å²) in [6, 6.07) is 16.4. The van der Waals surface area contributed by atoms with Gasteiger partial charge in [0.05, 0.1) is 23.5 Å². The Hall–Kier alpha value is -4.84. The molecular weight excluding hydrogens is 574 g/mol. The van der Waals surface area contributed by atoms with Gasteiger partial charge in [0.15, 0.2) is 18.1 Å². The van der Waals surface area contributed by atoms with Gasteiger partial charge in [0.2, 0.25) is 0 Å². The number of nitrogens with zero attached hydrogens (tertiary/aromatic N) is 2. The van der Waals surface area contributed by atoms with Gasteiger partial charge in [-0.3, -0.25) is 29.4 Å². The summed E-state index contributed by atoms with van der Waals surface area (Å²) in [5, 5.41) is 13.1. The van der Waals surface area contributed by atoms with Crippen LogP contribution in [0, 0.1) is 17.0 Å². The van der Waals surface area contributed by atoms with E-state index in [1.165, 1.54) is 31.4 Å². The lowest BCUT2D eigenvalue weighted by molar-refractivity contribution is -0.384. The summed E-state index contributed by atoms with van der Waals surface area (Å²) in [4.78, 5) is 49.8. The Labute approximate surface area is 253 Å². The topological polar surface area (TPSA) is 137 Å². The first-order chi connectivity index (χ1) is 20.5. The minimum absolute atomic E-state index is 0.113. The van der Waals surface area contributed by atoms with Crippen molar-refractivity contribution in [3.63, 3.8) is 0 Å². The van der Waals surface area contributed by atoms with Crippen LogP contribution >= 0.6 is 11.8 Å². The Balaban J connectivity index is 1.36. The average molecular weight is 606 g/mol. The van der Waals surface area contributed by atoms with E-state index in [-0.39, 0.29) is 52.9 Å². The fourth-order valence-electron chi connectivity index (χ4n) is 4.27. The number of methoxy groups -OCH3 is 1. The van der Waals surface area contributed by atoms with Crippen molar-refractivity contribution in [2.45, 2.75) is 26.7 Å². The van der Waals surface area contributed by atoms with Crippen molar-refractivity contribution in [3.05, 3.63) is 92.4 Å². The second kappa shape index (κ2) is 13.9. The lowest BCUT2D eigenvalue weighted by Crippen LogP contribution is -2.32. The molecule has 0 unspecified atom stereocenters. The quantitative estimate of drug-likeness (QED) is 0.146. The summed E-state index contributed by atoms with van der Waals surface area (Å²) < 4.78 is 16.9. The molecule has 0 spiro atoms. The molecule has 0 saturated carbocycles. The molecule has 0 radical (unpaired) electrons. The summed E-state index contributed by atoms with van der Waals surface area (Å²) in [5.74, 6) is 0.659. The van der Waals surface area contributed by atoms with E-state index < -0.39 is 16.7 Å². The number of nitro groups is 1. The molecule has 1 aliphatic rings. The van der Waals surface area contributed by atoms with E-state index in [0.717, 1.165) is 33.5 Å². The van der Waals surface area contributed by atoms with Gasteiger partial charge in [0.1, 0.15) is 12.4 Å². The van der Waals surface area contributed by atoms with E-state index in [2.05, 4.69) is 19.2 Å². The van der Waals surface area contributed by atoms with E-state index in [9.17, 15) is 24.5 Å². The molecule has 0 aliphatic carbocycles. The number of carbonyl (C=O) groups is 3. The number of rotatable bonds is 12. The van der Waals surface area contributed by atoms with Gasteiger partial charge in [-0.25, -0.2) is 0 Å².